The van der Waals surface area contributed by atoms with Gasteiger partial charge in [0, 0.05) is 19.1 Å². The summed E-state index contributed by atoms with van der Waals surface area (Å²) in [6.07, 6.45) is 10.9. The maximum atomic E-state index is 12.2. The smallest absolute Gasteiger partial charge is 0.248 e. The van der Waals surface area contributed by atoms with Crippen LogP contribution in [0.15, 0.2) is 0 Å². The fraction of sp³-hybridized carbons (Fsp3) is 0.941. The van der Waals surface area contributed by atoms with E-state index >= 15 is 0 Å². The summed E-state index contributed by atoms with van der Waals surface area (Å²) in [5.74, 6) is 0.197. The Morgan fingerprint density at radius 3 is 2.38 bits per heavy atom. The molecule has 1 amide bonds. The Hall–Kier alpha value is -0.610. The number of ether oxygens (including phenoxy) is 1. The van der Waals surface area contributed by atoms with E-state index < -0.39 is 0 Å². The van der Waals surface area contributed by atoms with Crippen molar-refractivity contribution in [3.05, 3.63) is 0 Å². The maximum Gasteiger partial charge on any atom is 0.248 e. The van der Waals surface area contributed by atoms with Crippen molar-refractivity contribution in [3.63, 3.8) is 0 Å². The van der Waals surface area contributed by atoms with Crippen LogP contribution in [0.5, 0.6) is 0 Å². The highest BCUT2D eigenvalue weighted by atomic mass is 16.5. The third kappa shape index (κ3) is 5.95. The largest absolute Gasteiger partial charge is 0.368 e. The van der Waals surface area contributed by atoms with Gasteiger partial charge in [0.05, 0.1) is 6.10 Å². The molecule has 2 fully saturated rings. The molecule has 0 aromatic rings. The van der Waals surface area contributed by atoms with E-state index in [1.54, 1.807) is 0 Å². The summed E-state index contributed by atoms with van der Waals surface area (Å²) in [4.78, 5) is 14.2. The van der Waals surface area contributed by atoms with Gasteiger partial charge in [-0.05, 0) is 51.5 Å². The van der Waals surface area contributed by atoms with Crippen LogP contribution in [-0.2, 0) is 9.53 Å². The van der Waals surface area contributed by atoms with Gasteiger partial charge in [-0.15, -0.1) is 0 Å². The standard InChI is InChI=1S/C17H32N2O2/c1-2-11-18-15-7-9-16(10-8-15)21-14-17(20)19-12-5-3-4-6-13-19/h15-16,18H,2-14H2,1H3. The molecule has 2 rings (SSSR count). The van der Waals surface area contributed by atoms with Gasteiger partial charge in [-0.1, -0.05) is 19.8 Å². The summed E-state index contributed by atoms with van der Waals surface area (Å²) in [6, 6.07) is 0.658. The van der Waals surface area contributed by atoms with Crippen LogP contribution in [0.2, 0.25) is 0 Å². The van der Waals surface area contributed by atoms with E-state index in [1.165, 1.54) is 32.1 Å². The Morgan fingerprint density at radius 1 is 1.10 bits per heavy atom. The van der Waals surface area contributed by atoms with Gasteiger partial charge in [0.15, 0.2) is 0 Å². The lowest BCUT2D eigenvalue weighted by molar-refractivity contribution is -0.138. The minimum absolute atomic E-state index is 0.197. The van der Waals surface area contributed by atoms with E-state index in [0.29, 0.717) is 12.1 Å². The van der Waals surface area contributed by atoms with Crippen LogP contribution < -0.4 is 5.32 Å². The number of hydrogen-bond donors (Lipinski definition) is 1. The van der Waals surface area contributed by atoms with Crippen LogP contribution >= 0.6 is 0 Å². The summed E-state index contributed by atoms with van der Waals surface area (Å²) < 4.78 is 5.87. The molecule has 1 N–H and O–H groups in total. The van der Waals surface area contributed by atoms with E-state index in [0.717, 1.165) is 45.3 Å². The van der Waals surface area contributed by atoms with Gasteiger partial charge in [0.2, 0.25) is 5.91 Å². The zero-order valence-corrected chi connectivity index (χ0v) is 13.6. The van der Waals surface area contributed by atoms with Crippen molar-refractivity contribution in [2.75, 3.05) is 26.2 Å². The molecule has 0 aromatic carbocycles. The van der Waals surface area contributed by atoms with E-state index in [9.17, 15) is 4.79 Å². The highest BCUT2D eigenvalue weighted by Crippen LogP contribution is 2.21. The number of rotatable bonds is 6. The van der Waals surface area contributed by atoms with E-state index in [1.807, 2.05) is 4.90 Å². The molecule has 21 heavy (non-hydrogen) atoms. The molecule has 0 spiro atoms. The topological polar surface area (TPSA) is 41.6 Å². The quantitative estimate of drug-likeness (QED) is 0.819. The summed E-state index contributed by atoms with van der Waals surface area (Å²) in [6.45, 7) is 5.46. The summed E-state index contributed by atoms with van der Waals surface area (Å²) in [7, 11) is 0. The Balaban J connectivity index is 1.61. The Kier molecular flexibility index (Phi) is 7.51. The summed E-state index contributed by atoms with van der Waals surface area (Å²) >= 11 is 0. The molecule has 1 saturated heterocycles. The molecule has 2 aliphatic rings. The first-order valence-electron chi connectivity index (χ1n) is 8.92. The lowest BCUT2D eigenvalue weighted by Crippen LogP contribution is -2.38. The van der Waals surface area contributed by atoms with Crippen LogP contribution in [0, 0.1) is 0 Å². The van der Waals surface area contributed by atoms with Gasteiger partial charge < -0.3 is 15.0 Å². The Bertz CT molecular complexity index is 293. The third-order valence-corrected chi connectivity index (χ3v) is 4.76. The number of carbonyl (C=O) groups excluding carboxylic acids is 1. The second kappa shape index (κ2) is 9.42. The summed E-state index contributed by atoms with van der Waals surface area (Å²) in [5.41, 5.74) is 0. The molecule has 1 saturated carbocycles. The minimum Gasteiger partial charge on any atom is -0.368 e. The average molecular weight is 296 g/mol. The molecule has 0 unspecified atom stereocenters. The number of carbonyl (C=O) groups is 1. The van der Waals surface area contributed by atoms with E-state index in [2.05, 4.69) is 12.2 Å². The average Bonchev–Trinajstić information content (AvgIpc) is 2.81. The van der Waals surface area contributed by atoms with Crippen LogP contribution in [0.25, 0.3) is 0 Å². The zero-order chi connectivity index (χ0) is 14.9. The molecule has 0 bridgehead atoms. The van der Waals surface area contributed by atoms with Crippen molar-refractivity contribution in [2.24, 2.45) is 0 Å². The molecule has 0 radical (unpaired) electrons. The first kappa shape index (κ1) is 16.8. The van der Waals surface area contributed by atoms with Gasteiger partial charge >= 0.3 is 0 Å². The fourth-order valence-corrected chi connectivity index (χ4v) is 3.38. The van der Waals surface area contributed by atoms with Crippen molar-refractivity contribution < 1.29 is 9.53 Å². The normalized spacial score (nSPS) is 27.4. The number of hydrogen-bond acceptors (Lipinski definition) is 3. The number of amides is 1. The lowest BCUT2D eigenvalue weighted by atomic mass is 9.93. The van der Waals surface area contributed by atoms with Gasteiger partial charge in [-0.3, -0.25) is 4.79 Å². The fourth-order valence-electron chi connectivity index (χ4n) is 3.38. The predicted molar refractivity (Wildman–Crippen MR) is 85.3 cm³/mol. The van der Waals surface area contributed by atoms with Gasteiger partial charge in [-0.2, -0.15) is 0 Å². The molecule has 1 aliphatic carbocycles. The van der Waals surface area contributed by atoms with Crippen molar-refractivity contribution in [1.29, 1.82) is 0 Å². The van der Waals surface area contributed by atoms with Crippen LogP contribution in [0.3, 0.4) is 0 Å². The van der Waals surface area contributed by atoms with Gasteiger partial charge in [-0.25, -0.2) is 0 Å². The van der Waals surface area contributed by atoms with Crippen LogP contribution in [0.1, 0.15) is 64.7 Å². The van der Waals surface area contributed by atoms with Crippen LogP contribution in [0.4, 0.5) is 0 Å². The third-order valence-electron chi connectivity index (χ3n) is 4.76. The lowest BCUT2D eigenvalue weighted by Gasteiger charge is -2.29. The minimum atomic E-state index is 0.197. The van der Waals surface area contributed by atoms with Crippen molar-refractivity contribution in [1.82, 2.24) is 10.2 Å². The molecule has 4 nitrogen and oxygen atoms in total. The molecule has 122 valence electrons. The Labute approximate surface area is 129 Å². The highest BCUT2D eigenvalue weighted by molar-refractivity contribution is 5.77. The predicted octanol–water partition coefficient (Wildman–Crippen LogP) is 2.72. The van der Waals surface area contributed by atoms with Crippen molar-refractivity contribution >= 4 is 5.91 Å². The van der Waals surface area contributed by atoms with Gasteiger partial charge in [0.1, 0.15) is 6.61 Å². The van der Waals surface area contributed by atoms with E-state index in [4.69, 9.17) is 4.74 Å². The maximum absolute atomic E-state index is 12.2. The molecule has 0 aromatic heterocycles. The summed E-state index contributed by atoms with van der Waals surface area (Å²) in [5, 5.41) is 3.58. The second-order valence-electron chi connectivity index (χ2n) is 6.53. The van der Waals surface area contributed by atoms with E-state index in [-0.39, 0.29) is 12.5 Å². The van der Waals surface area contributed by atoms with Gasteiger partial charge in [0.25, 0.3) is 0 Å². The number of likely N-dealkylation sites (tertiary alicyclic amines) is 1. The monoisotopic (exact) mass is 296 g/mol. The SMILES string of the molecule is CCCNC1CCC(OCC(=O)N2CCCCCC2)CC1. The molecule has 1 heterocycles. The molecular weight excluding hydrogens is 264 g/mol. The molecule has 0 atom stereocenters. The first-order chi connectivity index (χ1) is 10.3. The Morgan fingerprint density at radius 2 is 1.76 bits per heavy atom. The highest BCUT2D eigenvalue weighted by Gasteiger charge is 2.23. The molecule has 4 heteroatoms. The molecular formula is C17H32N2O2. The van der Waals surface area contributed by atoms with Crippen LogP contribution in [-0.4, -0.2) is 49.2 Å². The number of nitrogens with one attached hydrogen (secondary N) is 1. The van der Waals surface area contributed by atoms with Crippen molar-refractivity contribution in [3.8, 4) is 0 Å². The zero-order valence-electron chi connectivity index (χ0n) is 13.6. The molecule has 1 aliphatic heterocycles. The number of nitrogens with zero attached hydrogens (tertiary/aromatic N) is 1. The van der Waals surface area contributed by atoms with Crippen molar-refractivity contribution in [2.45, 2.75) is 76.9 Å². The second-order valence-corrected chi connectivity index (χ2v) is 6.53. The first-order valence-corrected chi connectivity index (χ1v) is 8.92.